The van der Waals surface area contributed by atoms with E-state index in [2.05, 4.69) is 6.07 Å². The van der Waals surface area contributed by atoms with Crippen LogP contribution >= 0.6 is 0 Å². The van der Waals surface area contributed by atoms with Crippen LogP contribution in [-0.4, -0.2) is 43.0 Å². The van der Waals surface area contributed by atoms with Gasteiger partial charge in [-0.25, -0.2) is 4.90 Å². The van der Waals surface area contributed by atoms with E-state index in [1.807, 2.05) is 36.9 Å². The molecule has 2 aromatic carbocycles. The van der Waals surface area contributed by atoms with E-state index in [-0.39, 0.29) is 11.8 Å². The summed E-state index contributed by atoms with van der Waals surface area (Å²) in [6.07, 6.45) is 0. The molecule has 0 bridgehead atoms. The Bertz CT molecular complexity index is 1060. The van der Waals surface area contributed by atoms with Crippen molar-refractivity contribution in [2.75, 3.05) is 31.2 Å². The first kappa shape index (κ1) is 18.9. The first-order valence-electron chi connectivity index (χ1n) is 9.55. The van der Waals surface area contributed by atoms with Crippen molar-refractivity contribution in [3.63, 3.8) is 0 Å². The summed E-state index contributed by atoms with van der Waals surface area (Å²) in [5, 5.41) is 9.03. The van der Waals surface area contributed by atoms with Crippen LogP contribution in [0.3, 0.4) is 0 Å². The van der Waals surface area contributed by atoms with Gasteiger partial charge in [0.15, 0.2) is 0 Å². The number of imide groups is 1. The van der Waals surface area contributed by atoms with Crippen molar-refractivity contribution in [1.29, 1.82) is 5.26 Å². The van der Waals surface area contributed by atoms with Crippen LogP contribution in [0, 0.1) is 25.2 Å². The van der Waals surface area contributed by atoms with Crippen LogP contribution in [0.15, 0.2) is 48.2 Å². The maximum absolute atomic E-state index is 13.5. The molecule has 2 aliphatic heterocycles. The van der Waals surface area contributed by atoms with Crippen LogP contribution in [0.5, 0.6) is 0 Å². The lowest BCUT2D eigenvalue weighted by atomic mass is 9.97. The summed E-state index contributed by atoms with van der Waals surface area (Å²) >= 11 is 0. The molecule has 0 aliphatic carbocycles. The van der Waals surface area contributed by atoms with Gasteiger partial charge in [-0.15, -0.1) is 0 Å². The summed E-state index contributed by atoms with van der Waals surface area (Å²) in [5.41, 5.74) is 4.61. The van der Waals surface area contributed by atoms with Gasteiger partial charge in [0.2, 0.25) is 0 Å². The fourth-order valence-electron chi connectivity index (χ4n) is 3.85. The van der Waals surface area contributed by atoms with Crippen molar-refractivity contribution in [1.82, 2.24) is 4.90 Å². The van der Waals surface area contributed by atoms with Crippen molar-refractivity contribution in [3.8, 4) is 6.07 Å². The van der Waals surface area contributed by atoms with Gasteiger partial charge in [-0.05, 0) is 49.2 Å². The average molecular weight is 387 g/mol. The van der Waals surface area contributed by atoms with E-state index in [1.54, 1.807) is 24.3 Å². The fraction of sp³-hybridized carbons (Fsp3) is 0.261. The molecule has 4 rings (SSSR count). The highest BCUT2D eigenvalue weighted by Crippen LogP contribution is 2.36. The number of hydrogen-bond donors (Lipinski definition) is 0. The molecule has 0 spiro atoms. The number of ether oxygens (including phenoxy) is 1. The van der Waals surface area contributed by atoms with Gasteiger partial charge >= 0.3 is 0 Å². The quantitative estimate of drug-likeness (QED) is 0.757. The molecule has 0 aromatic heterocycles. The Kier molecular flexibility index (Phi) is 4.91. The zero-order valence-electron chi connectivity index (χ0n) is 16.4. The predicted molar refractivity (Wildman–Crippen MR) is 109 cm³/mol. The van der Waals surface area contributed by atoms with E-state index in [0.717, 1.165) is 16.7 Å². The lowest BCUT2D eigenvalue weighted by Crippen LogP contribution is -2.40. The van der Waals surface area contributed by atoms with Gasteiger partial charge in [0.25, 0.3) is 11.8 Å². The molecule has 0 atom stereocenters. The Morgan fingerprint density at radius 3 is 2.28 bits per heavy atom. The maximum Gasteiger partial charge on any atom is 0.282 e. The third kappa shape index (κ3) is 3.30. The molecule has 0 radical (unpaired) electrons. The number of aryl methyl sites for hydroxylation is 2. The minimum absolute atomic E-state index is 0.336. The van der Waals surface area contributed by atoms with E-state index < -0.39 is 0 Å². The third-order valence-corrected chi connectivity index (χ3v) is 5.29. The van der Waals surface area contributed by atoms with Crippen LogP contribution in [0.2, 0.25) is 0 Å². The van der Waals surface area contributed by atoms with Crippen LogP contribution in [0.4, 0.5) is 5.69 Å². The second-order valence-corrected chi connectivity index (χ2v) is 7.25. The Balaban J connectivity index is 1.84. The molecular formula is C23H21N3O3. The molecule has 29 heavy (non-hydrogen) atoms. The minimum Gasteiger partial charge on any atom is -0.378 e. The molecule has 146 valence electrons. The molecule has 2 heterocycles. The maximum atomic E-state index is 13.5. The normalized spacial score (nSPS) is 17.1. The SMILES string of the molecule is Cc1ccc(C2=C(N3CCOCC3)C(=O)N(c3ccc(C#N)cc3)C2=O)c(C)c1. The molecule has 1 saturated heterocycles. The smallest absolute Gasteiger partial charge is 0.282 e. The van der Waals surface area contributed by atoms with E-state index in [9.17, 15) is 9.59 Å². The van der Waals surface area contributed by atoms with Crippen molar-refractivity contribution < 1.29 is 14.3 Å². The number of carbonyl (C=O) groups is 2. The highest BCUT2D eigenvalue weighted by Gasteiger charge is 2.43. The largest absolute Gasteiger partial charge is 0.378 e. The lowest BCUT2D eigenvalue weighted by Gasteiger charge is -2.29. The zero-order valence-corrected chi connectivity index (χ0v) is 16.4. The van der Waals surface area contributed by atoms with Crippen LogP contribution in [-0.2, 0) is 14.3 Å². The highest BCUT2D eigenvalue weighted by molar-refractivity contribution is 6.45. The number of hydrogen-bond acceptors (Lipinski definition) is 5. The van der Waals surface area contributed by atoms with Crippen molar-refractivity contribution in [3.05, 3.63) is 70.4 Å². The number of carbonyl (C=O) groups excluding carboxylic acids is 2. The molecule has 6 heteroatoms. The molecular weight excluding hydrogens is 366 g/mol. The second-order valence-electron chi connectivity index (χ2n) is 7.25. The summed E-state index contributed by atoms with van der Waals surface area (Å²) in [6.45, 7) is 6.10. The Hall–Kier alpha value is -3.43. The molecule has 2 aromatic rings. The molecule has 0 N–H and O–H groups in total. The van der Waals surface area contributed by atoms with E-state index in [1.165, 1.54) is 4.90 Å². The molecule has 2 aliphatic rings. The van der Waals surface area contributed by atoms with Gasteiger partial charge in [-0.1, -0.05) is 23.8 Å². The number of benzene rings is 2. The Morgan fingerprint density at radius 1 is 0.966 bits per heavy atom. The summed E-state index contributed by atoms with van der Waals surface area (Å²) < 4.78 is 5.43. The van der Waals surface area contributed by atoms with E-state index in [0.29, 0.717) is 48.8 Å². The fourth-order valence-corrected chi connectivity index (χ4v) is 3.85. The van der Waals surface area contributed by atoms with Gasteiger partial charge < -0.3 is 9.64 Å². The molecule has 0 unspecified atom stereocenters. The summed E-state index contributed by atoms with van der Waals surface area (Å²) in [4.78, 5) is 30.1. The van der Waals surface area contributed by atoms with Gasteiger partial charge in [0.05, 0.1) is 36.1 Å². The van der Waals surface area contributed by atoms with Gasteiger partial charge in [0.1, 0.15) is 5.70 Å². The first-order valence-corrected chi connectivity index (χ1v) is 9.55. The predicted octanol–water partition coefficient (Wildman–Crippen LogP) is 2.79. The summed E-state index contributed by atoms with van der Waals surface area (Å²) in [6, 6.07) is 14.4. The van der Waals surface area contributed by atoms with Gasteiger partial charge in [-0.2, -0.15) is 5.26 Å². The van der Waals surface area contributed by atoms with Crippen LogP contribution < -0.4 is 4.90 Å². The first-order chi connectivity index (χ1) is 14.0. The zero-order chi connectivity index (χ0) is 20.5. The van der Waals surface area contributed by atoms with Gasteiger partial charge in [0, 0.05) is 13.1 Å². The third-order valence-electron chi connectivity index (χ3n) is 5.29. The standard InChI is InChI=1S/C23H21N3O3/c1-15-3-8-19(16(2)13-15)20-21(25-9-11-29-12-10-25)23(28)26(22(20)27)18-6-4-17(14-24)5-7-18/h3-8,13H,9-12H2,1-2H3. The number of rotatable bonds is 3. The van der Waals surface area contributed by atoms with Crippen LogP contribution in [0.25, 0.3) is 5.57 Å². The number of nitrogens with zero attached hydrogens (tertiary/aromatic N) is 3. The molecule has 6 nitrogen and oxygen atoms in total. The Morgan fingerprint density at radius 2 is 1.66 bits per heavy atom. The molecule has 1 fully saturated rings. The number of nitriles is 1. The van der Waals surface area contributed by atoms with Gasteiger partial charge in [-0.3, -0.25) is 9.59 Å². The number of anilines is 1. The topological polar surface area (TPSA) is 73.6 Å². The summed E-state index contributed by atoms with van der Waals surface area (Å²) in [5.74, 6) is -0.676. The van der Waals surface area contributed by atoms with Crippen molar-refractivity contribution >= 4 is 23.1 Å². The lowest BCUT2D eigenvalue weighted by molar-refractivity contribution is -0.121. The van der Waals surface area contributed by atoms with Crippen molar-refractivity contribution in [2.45, 2.75) is 13.8 Å². The molecule has 0 saturated carbocycles. The second kappa shape index (κ2) is 7.53. The van der Waals surface area contributed by atoms with Crippen molar-refractivity contribution in [2.24, 2.45) is 0 Å². The highest BCUT2D eigenvalue weighted by atomic mass is 16.5. The van der Waals surface area contributed by atoms with Crippen LogP contribution in [0.1, 0.15) is 22.3 Å². The molecule has 2 amide bonds. The Labute approximate surface area is 169 Å². The van der Waals surface area contributed by atoms with E-state index in [4.69, 9.17) is 10.00 Å². The van der Waals surface area contributed by atoms with E-state index >= 15 is 0 Å². The monoisotopic (exact) mass is 387 g/mol. The summed E-state index contributed by atoms with van der Waals surface area (Å²) in [7, 11) is 0. The number of amides is 2. The average Bonchev–Trinajstić information content (AvgIpc) is 2.99. The number of morpholine rings is 1. The minimum atomic E-state index is -0.340.